The molecule has 9 nitrogen and oxygen atoms in total. The maximum absolute atomic E-state index is 13.2. The topological polar surface area (TPSA) is 105 Å². The van der Waals surface area contributed by atoms with Gasteiger partial charge < -0.3 is 4.90 Å². The quantitative estimate of drug-likeness (QED) is 0.486. The van der Waals surface area contributed by atoms with E-state index in [1.54, 1.807) is 44.4 Å². The zero-order chi connectivity index (χ0) is 24.7. The molecule has 0 saturated heterocycles. The number of hydrogen-bond acceptors (Lipinski definition) is 7. The van der Waals surface area contributed by atoms with E-state index in [1.165, 1.54) is 20.8 Å². The van der Waals surface area contributed by atoms with Crippen LogP contribution in [0.4, 0.5) is 5.82 Å². The van der Waals surface area contributed by atoms with E-state index in [0.717, 1.165) is 31.2 Å². The highest BCUT2D eigenvalue weighted by Gasteiger charge is 2.30. The van der Waals surface area contributed by atoms with Crippen LogP contribution in [0.15, 0.2) is 47.8 Å². The van der Waals surface area contributed by atoms with Gasteiger partial charge in [0.15, 0.2) is 5.65 Å². The minimum absolute atomic E-state index is 0.142. The van der Waals surface area contributed by atoms with Crippen LogP contribution in [0, 0.1) is 12.8 Å². The highest BCUT2D eigenvalue weighted by Crippen LogP contribution is 2.33. The third-order valence-electron chi connectivity index (χ3n) is 6.71. The molecule has 0 bridgehead atoms. The highest BCUT2D eigenvalue weighted by molar-refractivity contribution is 7.90. The summed E-state index contributed by atoms with van der Waals surface area (Å²) in [5.41, 5.74) is 1.32. The van der Waals surface area contributed by atoms with Crippen molar-refractivity contribution in [1.29, 1.82) is 0 Å². The first-order valence-corrected chi connectivity index (χ1v) is 14.3. The first kappa shape index (κ1) is 24.6. The van der Waals surface area contributed by atoms with Crippen LogP contribution in [-0.4, -0.2) is 68.0 Å². The maximum Gasteiger partial charge on any atom is 0.269 e. The van der Waals surface area contributed by atoms with Crippen LogP contribution in [0.2, 0.25) is 0 Å². The first-order chi connectivity index (χ1) is 16.0. The number of nitrogens with zero attached hydrogens (tertiary/aromatic N) is 5. The van der Waals surface area contributed by atoms with Gasteiger partial charge in [-0.2, -0.15) is 0 Å². The zero-order valence-corrected chi connectivity index (χ0v) is 21.6. The highest BCUT2D eigenvalue weighted by atomic mass is 32.2. The van der Waals surface area contributed by atoms with Crippen LogP contribution in [0.25, 0.3) is 11.0 Å². The molecular weight excluding hydrogens is 474 g/mol. The van der Waals surface area contributed by atoms with Crippen molar-refractivity contribution in [3.8, 4) is 0 Å². The third kappa shape index (κ3) is 4.69. The molecular formula is C23H31N5O4S2. The molecule has 1 saturated carbocycles. The molecule has 3 aromatic rings. The van der Waals surface area contributed by atoms with Crippen molar-refractivity contribution < 1.29 is 16.8 Å². The Hall–Kier alpha value is -2.50. The second-order valence-electron chi connectivity index (χ2n) is 9.21. The lowest BCUT2D eigenvalue weighted by atomic mass is 9.86. The van der Waals surface area contributed by atoms with E-state index < -0.39 is 20.0 Å². The molecule has 1 aliphatic rings. The molecule has 0 N–H and O–H groups in total. The van der Waals surface area contributed by atoms with Crippen molar-refractivity contribution >= 4 is 36.9 Å². The number of rotatable bonds is 7. The van der Waals surface area contributed by atoms with E-state index in [2.05, 4.69) is 14.9 Å². The summed E-state index contributed by atoms with van der Waals surface area (Å²) in [6.07, 6.45) is 6.24. The minimum atomic E-state index is -3.79. The van der Waals surface area contributed by atoms with Crippen LogP contribution < -0.4 is 4.90 Å². The average Bonchev–Trinajstić information content (AvgIpc) is 3.24. The van der Waals surface area contributed by atoms with E-state index >= 15 is 0 Å². The number of aromatic nitrogens is 3. The summed E-state index contributed by atoms with van der Waals surface area (Å²) < 4.78 is 53.4. The SMILES string of the molecule is Cc1ccc(S(=O)(=O)n2ccc3c(N(C)[C@H]4CC[C@H](CS(=O)(=O)N(C)C)CC4)ncnc32)cc1. The lowest BCUT2D eigenvalue weighted by molar-refractivity contribution is 0.337. The zero-order valence-electron chi connectivity index (χ0n) is 19.9. The van der Waals surface area contributed by atoms with Gasteiger partial charge in [-0.25, -0.2) is 35.1 Å². The van der Waals surface area contributed by atoms with E-state index in [0.29, 0.717) is 16.9 Å². The second-order valence-corrected chi connectivity index (χ2v) is 13.3. The van der Waals surface area contributed by atoms with Gasteiger partial charge in [0.05, 0.1) is 16.0 Å². The van der Waals surface area contributed by atoms with Gasteiger partial charge in [-0.05, 0) is 56.7 Å². The van der Waals surface area contributed by atoms with Gasteiger partial charge in [0.1, 0.15) is 12.1 Å². The lowest BCUT2D eigenvalue weighted by Gasteiger charge is -2.35. The molecule has 0 spiro atoms. The summed E-state index contributed by atoms with van der Waals surface area (Å²) in [5.74, 6) is 0.990. The van der Waals surface area contributed by atoms with E-state index in [9.17, 15) is 16.8 Å². The number of anilines is 1. The largest absolute Gasteiger partial charge is 0.356 e. The van der Waals surface area contributed by atoms with Crippen molar-refractivity contribution in [2.75, 3.05) is 31.8 Å². The number of fused-ring (bicyclic) bond motifs is 1. The second kappa shape index (κ2) is 9.27. The standard InChI is InChI=1S/C23H31N5O4S2/c1-17-5-11-20(12-6-17)34(31,32)28-14-13-21-22(24-16-25-23(21)28)27(4)19-9-7-18(8-10-19)15-33(29,30)26(2)3/h5-6,11-14,16,18-19H,7-10,15H2,1-4H3/t18-,19-. The monoisotopic (exact) mass is 505 g/mol. The fraction of sp³-hybridized carbons (Fsp3) is 0.478. The fourth-order valence-corrected chi connectivity index (χ4v) is 7.06. The Balaban J connectivity index is 1.56. The summed E-state index contributed by atoms with van der Waals surface area (Å²) in [7, 11) is -1.91. The Morgan fingerprint density at radius 1 is 0.941 bits per heavy atom. The Morgan fingerprint density at radius 2 is 1.59 bits per heavy atom. The van der Waals surface area contributed by atoms with Crippen molar-refractivity contribution in [1.82, 2.24) is 18.2 Å². The number of sulfonamides is 1. The Morgan fingerprint density at radius 3 is 2.21 bits per heavy atom. The predicted molar refractivity (Wildman–Crippen MR) is 133 cm³/mol. The van der Waals surface area contributed by atoms with Gasteiger partial charge in [0, 0.05) is 33.4 Å². The van der Waals surface area contributed by atoms with Crippen LogP contribution in [0.5, 0.6) is 0 Å². The first-order valence-electron chi connectivity index (χ1n) is 11.3. The summed E-state index contributed by atoms with van der Waals surface area (Å²) in [6, 6.07) is 8.66. The fourth-order valence-electron chi connectivity index (χ4n) is 4.53. The van der Waals surface area contributed by atoms with E-state index in [1.807, 2.05) is 14.0 Å². The van der Waals surface area contributed by atoms with Crippen LogP contribution >= 0.6 is 0 Å². The van der Waals surface area contributed by atoms with Gasteiger partial charge in [0.25, 0.3) is 10.0 Å². The Kier molecular flexibility index (Phi) is 6.71. The normalized spacial score (nSPS) is 19.6. The summed E-state index contributed by atoms with van der Waals surface area (Å²) in [5, 5.41) is 0.665. The molecule has 0 aliphatic heterocycles. The van der Waals surface area contributed by atoms with Gasteiger partial charge >= 0.3 is 0 Å². The number of benzene rings is 1. The molecule has 1 aromatic carbocycles. The minimum Gasteiger partial charge on any atom is -0.356 e. The van der Waals surface area contributed by atoms with Gasteiger partial charge in [-0.1, -0.05) is 17.7 Å². The maximum atomic E-state index is 13.2. The molecule has 1 fully saturated rings. The van der Waals surface area contributed by atoms with Crippen LogP contribution in [-0.2, 0) is 20.0 Å². The molecule has 34 heavy (non-hydrogen) atoms. The van der Waals surface area contributed by atoms with Crippen molar-refractivity contribution in [3.63, 3.8) is 0 Å². The number of hydrogen-bond donors (Lipinski definition) is 0. The molecule has 4 rings (SSSR count). The number of aryl methyl sites for hydroxylation is 1. The van der Waals surface area contributed by atoms with Crippen molar-refractivity contribution in [2.24, 2.45) is 5.92 Å². The lowest BCUT2D eigenvalue weighted by Crippen LogP contribution is -2.38. The molecule has 0 amide bonds. The summed E-state index contributed by atoms with van der Waals surface area (Å²) in [4.78, 5) is 11.0. The Bertz CT molecular complexity index is 1370. The van der Waals surface area contributed by atoms with Gasteiger partial charge in [-0.15, -0.1) is 0 Å². The molecule has 0 radical (unpaired) electrons. The third-order valence-corrected chi connectivity index (χ3v) is 10.4. The summed E-state index contributed by atoms with van der Waals surface area (Å²) in [6.45, 7) is 1.91. The van der Waals surface area contributed by atoms with Crippen LogP contribution in [0.3, 0.4) is 0 Å². The molecule has 184 valence electrons. The molecule has 0 unspecified atom stereocenters. The van der Waals surface area contributed by atoms with Gasteiger partial charge in [0.2, 0.25) is 10.0 Å². The van der Waals surface area contributed by atoms with Gasteiger partial charge in [-0.3, -0.25) is 0 Å². The molecule has 2 aromatic heterocycles. The Labute approximate surface area is 201 Å². The van der Waals surface area contributed by atoms with Crippen molar-refractivity contribution in [3.05, 3.63) is 48.4 Å². The molecule has 0 atom stereocenters. The van der Waals surface area contributed by atoms with E-state index in [-0.39, 0.29) is 22.6 Å². The van der Waals surface area contributed by atoms with Crippen LogP contribution in [0.1, 0.15) is 31.2 Å². The average molecular weight is 506 g/mol. The molecule has 2 heterocycles. The predicted octanol–water partition coefficient (Wildman–Crippen LogP) is 2.86. The summed E-state index contributed by atoms with van der Waals surface area (Å²) >= 11 is 0. The molecule has 11 heteroatoms. The van der Waals surface area contributed by atoms with Crippen molar-refractivity contribution in [2.45, 2.75) is 43.5 Å². The van der Waals surface area contributed by atoms with E-state index in [4.69, 9.17) is 0 Å². The molecule has 1 aliphatic carbocycles. The smallest absolute Gasteiger partial charge is 0.269 e.